The van der Waals surface area contributed by atoms with Crippen LogP contribution in [0.15, 0.2) is 12.1 Å². The van der Waals surface area contributed by atoms with Crippen molar-refractivity contribution in [3.63, 3.8) is 0 Å². The smallest absolute Gasteiger partial charge is 0.119 e. The summed E-state index contributed by atoms with van der Waals surface area (Å²) in [6.07, 6.45) is 1.86. The molecule has 0 saturated heterocycles. The average Bonchev–Trinajstić information content (AvgIpc) is 2.37. The summed E-state index contributed by atoms with van der Waals surface area (Å²) >= 11 is 0. The molecule has 0 fully saturated rings. The zero-order valence-corrected chi connectivity index (χ0v) is 19.5. The van der Waals surface area contributed by atoms with E-state index < -0.39 is 0 Å². The molecular formula is C24H44O2. The Hall–Kier alpha value is -1.18. The van der Waals surface area contributed by atoms with Crippen molar-refractivity contribution in [1.82, 2.24) is 0 Å². The van der Waals surface area contributed by atoms with E-state index in [1.165, 1.54) is 0 Å². The van der Waals surface area contributed by atoms with E-state index in [9.17, 15) is 10.2 Å². The SMILES string of the molecule is CC.CC(C)(C)CC(C)(C)c1cc(O)c(C(C)(C)CC(C)(C)C)cc1O. The van der Waals surface area contributed by atoms with Crippen molar-refractivity contribution in [1.29, 1.82) is 0 Å². The largest absolute Gasteiger partial charge is 0.508 e. The standard InChI is InChI=1S/C22H38O2.C2H6/c1-19(2,3)13-21(7,8)15-11-18(24)16(12-17(15)23)22(9,10)14-20(4,5)6;1-2/h11-12,23-24H,13-14H2,1-10H3;1-2H3. The molecule has 0 saturated carbocycles. The first-order valence-electron chi connectivity index (χ1n) is 10.0. The summed E-state index contributed by atoms with van der Waals surface area (Å²) < 4.78 is 0. The van der Waals surface area contributed by atoms with Crippen LogP contribution in [0.3, 0.4) is 0 Å². The van der Waals surface area contributed by atoms with Gasteiger partial charge in [-0.25, -0.2) is 0 Å². The molecule has 152 valence electrons. The molecule has 0 spiro atoms. The lowest BCUT2D eigenvalue weighted by Crippen LogP contribution is -2.27. The van der Waals surface area contributed by atoms with Crippen LogP contribution in [0.5, 0.6) is 11.5 Å². The average molecular weight is 365 g/mol. The number of benzene rings is 1. The number of rotatable bonds is 4. The van der Waals surface area contributed by atoms with Gasteiger partial charge in [-0.3, -0.25) is 0 Å². The zero-order valence-electron chi connectivity index (χ0n) is 19.5. The third-order valence-corrected chi connectivity index (χ3v) is 4.52. The second-order valence-electron chi connectivity index (χ2n) is 11.1. The van der Waals surface area contributed by atoms with Crippen molar-refractivity contribution in [2.24, 2.45) is 10.8 Å². The summed E-state index contributed by atoms with van der Waals surface area (Å²) in [6, 6.07) is 3.56. The molecule has 0 heterocycles. The van der Waals surface area contributed by atoms with Crippen LogP contribution in [-0.4, -0.2) is 10.2 Å². The molecule has 2 nitrogen and oxygen atoms in total. The molecule has 2 N–H and O–H groups in total. The van der Waals surface area contributed by atoms with Crippen LogP contribution in [0.1, 0.15) is 107 Å². The van der Waals surface area contributed by atoms with Crippen molar-refractivity contribution in [3.8, 4) is 11.5 Å². The van der Waals surface area contributed by atoms with E-state index in [1.54, 1.807) is 12.1 Å². The van der Waals surface area contributed by atoms with E-state index >= 15 is 0 Å². The molecule has 1 aromatic rings. The van der Waals surface area contributed by atoms with Gasteiger partial charge in [0.25, 0.3) is 0 Å². The minimum atomic E-state index is -0.202. The topological polar surface area (TPSA) is 40.5 Å². The highest BCUT2D eigenvalue weighted by Crippen LogP contribution is 2.46. The van der Waals surface area contributed by atoms with Gasteiger partial charge in [0.05, 0.1) is 0 Å². The molecule has 0 atom stereocenters. The van der Waals surface area contributed by atoms with Crippen molar-refractivity contribution in [2.45, 2.75) is 107 Å². The van der Waals surface area contributed by atoms with Gasteiger partial charge in [-0.2, -0.15) is 0 Å². The van der Waals surface area contributed by atoms with Gasteiger partial charge in [0, 0.05) is 11.1 Å². The Bertz CT molecular complexity index is 528. The predicted molar refractivity (Wildman–Crippen MR) is 115 cm³/mol. The maximum atomic E-state index is 10.7. The molecule has 0 radical (unpaired) electrons. The number of phenols is 2. The Morgan fingerprint density at radius 1 is 0.577 bits per heavy atom. The predicted octanol–water partition coefficient (Wildman–Crippen LogP) is 7.55. The van der Waals surface area contributed by atoms with E-state index in [0.29, 0.717) is 11.5 Å². The van der Waals surface area contributed by atoms with Crippen molar-refractivity contribution < 1.29 is 10.2 Å². The lowest BCUT2D eigenvalue weighted by Gasteiger charge is -2.36. The summed E-state index contributed by atoms with van der Waals surface area (Å²) in [6.45, 7) is 25.7. The number of phenolic OH excluding ortho intramolecular Hbond substituents is 2. The number of hydrogen-bond acceptors (Lipinski definition) is 2. The fourth-order valence-electron chi connectivity index (χ4n) is 4.50. The highest BCUT2D eigenvalue weighted by molar-refractivity contribution is 5.50. The Labute approximate surface area is 163 Å². The molecule has 26 heavy (non-hydrogen) atoms. The third-order valence-electron chi connectivity index (χ3n) is 4.52. The first kappa shape index (κ1) is 24.8. The van der Waals surface area contributed by atoms with E-state index in [-0.39, 0.29) is 21.7 Å². The van der Waals surface area contributed by atoms with E-state index in [2.05, 4.69) is 69.2 Å². The molecule has 0 aliphatic heterocycles. The first-order valence-corrected chi connectivity index (χ1v) is 10.0. The van der Waals surface area contributed by atoms with Crippen LogP contribution in [0.2, 0.25) is 0 Å². The second-order valence-corrected chi connectivity index (χ2v) is 11.1. The van der Waals surface area contributed by atoms with Gasteiger partial charge in [0.2, 0.25) is 0 Å². The quantitative estimate of drug-likeness (QED) is 0.541. The molecule has 0 amide bonds. The van der Waals surface area contributed by atoms with E-state index in [0.717, 1.165) is 24.0 Å². The Morgan fingerprint density at radius 3 is 1.00 bits per heavy atom. The number of hydrogen-bond donors (Lipinski definition) is 2. The summed E-state index contributed by atoms with van der Waals surface area (Å²) in [7, 11) is 0. The minimum absolute atomic E-state index is 0.149. The van der Waals surface area contributed by atoms with Crippen LogP contribution in [0.25, 0.3) is 0 Å². The van der Waals surface area contributed by atoms with Gasteiger partial charge >= 0.3 is 0 Å². The normalized spacial score (nSPS) is 13.2. The third kappa shape index (κ3) is 7.21. The van der Waals surface area contributed by atoms with Crippen molar-refractivity contribution in [2.75, 3.05) is 0 Å². The van der Waals surface area contributed by atoms with Gasteiger partial charge < -0.3 is 10.2 Å². The maximum absolute atomic E-state index is 10.7. The van der Waals surface area contributed by atoms with E-state index in [1.807, 2.05) is 13.8 Å². The fraction of sp³-hybridized carbons (Fsp3) is 0.750. The summed E-state index contributed by atoms with van der Waals surface area (Å²) in [5.74, 6) is 0.582. The summed E-state index contributed by atoms with van der Waals surface area (Å²) in [5.41, 5.74) is 1.54. The lowest BCUT2D eigenvalue weighted by molar-refractivity contribution is 0.270. The first-order chi connectivity index (χ1) is 11.4. The van der Waals surface area contributed by atoms with Crippen molar-refractivity contribution in [3.05, 3.63) is 23.3 Å². The van der Waals surface area contributed by atoms with Crippen LogP contribution < -0.4 is 0 Å². The molecule has 1 aromatic carbocycles. The van der Waals surface area contributed by atoms with E-state index in [4.69, 9.17) is 0 Å². The minimum Gasteiger partial charge on any atom is -0.508 e. The molecule has 0 unspecified atom stereocenters. The van der Waals surface area contributed by atoms with Gasteiger partial charge in [0.1, 0.15) is 11.5 Å². The molecule has 0 aromatic heterocycles. The summed E-state index contributed by atoms with van der Waals surface area (Å²) in [4.78, 5) is 0. The van der Waals surface area contributed by atoms with Crippen LogP contribution in [0.4, 0.5) is 0 Å². The van der Waals surface area contributed by atoms with Gasteiger partial charge in [-0.15, -0.1) is 0 Å². The van der Waals surface area contributed by atoms with Gasteiger partial charge in [0.15, 0.2) is 0 Å². The highest BCUT2D eigenvalue weighted by atomic mass is 16.3. The van der Waals surface area contributed by atoms with Crippen LogP contribution in [0, 0.1) is 10.8 Å². The molecule has 2 heteroatoms. The molecular weight excluding hydrogens is 320 g/mol. The Kier molecular flexibility index (Phi) is 7.86. The zero-order chi connectivity index (χ0) is 21.1. The van der Waals surface area contributed by atoms with Crippen LogP contribution >= 0.6 is 0 Å². The molecule has 1 rings (SSSR count). The van der Waals surface area contributed by atoms with Gasteiger partial charge in [-0.05, 0) is 46.6 Å². The molecule has 0 bridgehead atoms. The monoisotopic (exact) mass is 364 g/mol. The second kappa shape index (κ2) is 8.23. The van der Waals surface area contributed by atoms with Gasteiger partial charge in [-0.1, -0.05) is 83.1 Å². The molecule has 0 aliphatic carbocycles. The highest BCUT2D eigenvalue weighted by Gasteiger charge is 2.34. The maximum Gasteiger partial charge on any atom is 0.119 e. The lowest BCUT2D eigenvalue weighted by atomic mass is 9.69. The van der Waals surface area contributed by atoms with Crippen LogP contribution in [-0.2, 0) is 10.8 Å². The Morgan fingerprint density at radius 2 is 0.808 bits per heavy atom. The fourth-order valence-corrected chi connectivity index (χ4v) is 4.50. The Balaban J connectivity index is 0.00000301. The summed E-state index contributed by atoms with van der Waals surface area (Å²) in [5, 5.41) is 21.4. The number of aromatic hydroxyl groups is 2. The van der Waals surface area contributed by atoms with Crippen molar-refractivity contribution >= 4 is 0 Å². The molecule has 0 aliphatic rings.